The molecular formula is C23H30N4O3S. The van der Waals surface area contributed by atoms with Gasteiger partial charge in [-0.2, -0.15) is 0 Å². The van der Waals surface area contributed by atoms with Gasteiger partial charge in [0.1, 0.15) is 9.88 Å². The van der Waals surface area contributed by atoms with Gasteiger partial charge in [0, 0.05) is 44.8 Å². The van der Waals surface area contributed by atoms with Crippen LogP contribution in [0.1, 0.15) is 27.9 Å². The molecule has 0 aliphatic carbocycles. The van der Waals surface area contributed by atoms with Crippen LogP contribution in [0.4, 0.5) is 0 Å². The Bertz CT molecular complexity index is 913. The summed E-state index contributed by atoms with van der Waals surface area (Å²) in [6.07, 6.45) is 1.00. The van der Waals surface area contributed by atoms with E-state index in [2.05, 4.69) is 41.1 Å². The summed E-state index contributed by atoms with van der Waals surface area (Å²) in [4.78, 5) is 36.9. The summed E-state index contributed by atoms with van der Waals surface area (Å²) in [5.74, 6) is 0.200. The molecule has 31 heavy (non-hydrogen) atoms. The molecule has 4 rings (SSSR count). The number of morpholine rings is 1. The van der Waals surface area contributed by atoms with Crippen LogP contribution in [0.2, 0.25) is 0 Å². The summed E-state index contributed by atoms with van der Waals surface area (Å²) in [6.45, 7) is 9.73. The zero-order valence-corrected chi connectivity index (χ0v) is 19.1. The predicted molar refractivity (Wildman–Crippen MR) is 121 cm³/mol. The van der Waals surface area contributed by atoms with Gasteiger partial charge in [-0.3, -0.25) is 14.5 Å². The Morgan fingerprint density at radius 2 is 1.68 bits per heavy atom. The van der Waals surface area contributed by atoms with Gasteiger partial charge in [0.25, 0.3) is 5.91 Å². The lowest BCUT2D eigenvalue weighted by molar-refractivity contribution is -0.136. The average Bonchev–Trinajstić information content (AvgIpc) is 3.21. The van der Waals surface area contributed by atoms with Crippen LogP contribution in [-0.4, -0.2) is 90.5 Å². The standard InChI is InChI=1S/C23H30N4O3S/c1-3-18-4-6-19(7-5-18)22-24-17(2)21(31-22)23(29)27-10-8-25(9-11-27)16-20(28)26-12-14-30-15-13-26/h4-7H,3,8-16H2,1-2H3. The molecule has 1 aromatic heterocycles. The molecule has 0 radical (unpaired) electrons. The highest BCUT2D eigenvalue weighted by molar-refractivity contribution is 7.17. The van der Waals surface area contributed by atoms with Crippen LogP contribution < -0.4 is 0 Å². The topological polar surface area (TPSA) is 66.0 Å². The van der Waals surface area contributed by atoms with Crippen molar-refractivity contribution in [2.75, 3.05) is 59.0 Å². The van der Waals surface area contributed by atoms with E-state index in [1.807, 2.05) is 16.7 Å². The number of benzene rings is 1. The van der Waals surface area contributed by atoms with Crippen molar-refractivity contribution < 1.29 is 14.3 Å². The number of piperazine rings is 1. The molecule has 0 atom stereocenters. The highest BCUT2D eigenvalue weighted by Gasteiger charge is 2.27. The fourth-order valence-electron chi connectivity index (χ4n) is 3.96. The van der Waals surface area contributed by atoms with Crippen LogP contribution in [-0.2, 0) is 16.0 Å². The van der Waals surface area contributed by atoms with Crippen LogP contribution in [0.25, 0.3) is 10.6 Å². The van der Waals surface area contributed by atoms with Crippen LogP contribution in [0.3, 0.4) is 0 Å². The molecule has 0 bridgehead atoms. The van der Waals surface area contributed by atoms with Crippen molar-refractivity contribution >= 4 is 23.2 Å². The van der Waals surface area contributed by atoms with Crippen LogP contribution in [0.15, 0.2) is 24.3 Å². The Hall–Kier alpha value is -2.29. The largest absolute Gasteiger partial charge is 0.378 e. The van der Waals surface area contributed by atoms with Crippen molar-refractivity contribution in [2.24, 2.45) is 0 Å². The highest BCUT2D eigenvalue weighted by atomic mass is 32.1. The third-order valence-corrected chi connectivity index (χ3v) is 7.18. The minimum absolute atomic E-state index is 0.0468. The minimum Gasteiger partial charge on any atom is -0.378 e. The summed E-state index contributed by atoms with van der Waals surface area (Å²) in [5.41, 5.74) is 3.13. The van der Waals surface area contributed by atoms with Gasteiger partial charge in [-0.15, -0.1) is 11.3 Å². The lowest BCUT2D eigenvalue weighted by atomic mass is 10.1. The zero-order chi connectivity index (χ0) is 21.8. The minimum atomic E-state index is 0.0468. The van der Waals surface area contributed by atoms with E-state index in [9.17, 15) is 9.59 Å². The molecule has 7 nitrogen and oxygen atoms in total. The van der Waals surface area contributed by atoms with Crippen molar-refractivity contribution in [1.29, 1.82) is 0 Å². The first-order valence-corrected chi connectivity index (χ1v) is 11.8. The van der Waals surface area contributed by atoms with Gasteiger partial charge >= 0.3 is 0 Å². The van der Waals surface area contributed by atoms with Gasteiger partial charge in [0.15, 0.2) is 0 Å². The van der Waals surface area contributed by atoms with E-state index in [1.54, 1.807) is 0 Å². The lowest BCUT2D eigenvalue weighted by Gasteiger charge is -2.35. The van der Waals surface area contributed by atoms with E-state index in [-0.39, 0.29) is 11.8 Å². The van der Waals surface area contributed by atoms with Crippen molar-refractivity contribution in [3.8, 4) is 10.6 Å². The predicted octanol–water partition coefficient (Wildman–Crippen LogP) is 2.30. The van der Waals surface area contributed by atoms with Crippen LogP contribution in [0, 0.1) is 6.92 Å². The number of hydrogen-bond donors (Lipinski definition) is 0. The molecule has 2 saturated heterocycles. The van der Waals surface area contributed by atoms with Crippen molar-refractivity contribution in [2.45, 2.75) is 20.3 Å². The Morgan fingerprint density at radius 3 is 2.32 bits per heavy atom. The molecule has 0 unspecified atom stereocenters. The zero-order valence-electron chi connectivity index (χ0n) is 18.3. The average molecular weight is 443 g/mol. The number of thiazole rings is 1. The maximum atomic E-state index is 13.1. The van der Waals surface area contributed by atoms with E-state index < -0.39 is 0 Å². The second kappa shape index (κ2) is 9.89. The van der Waals surface area contributed by atoms with Gasteiger partial charge in [-0.1, -0.05) is 31.2 Å². The van der Waals surface area contributed by atoms with E-state index >= 15 is 0 Å². The Kier molecular flexibility index (Phi) is 6.99. The number of rotatable bonds is 5. The Balaban J connectivity index is 1.34. The second-order valence-electron chi connectivity index (χ2n) is 8.05. The first-order valence-electron chi connectivity index (χ1n) is 11.0. The van der Waals surface area contributed by atoms with Crippen molar-refractivity contribution in [3.63, 3.8) is 0 Å². The monoisotopic (exact) mass is 442 g/mol. The normalized spacial score (nSPS) is 17.7. The smallest absolute Gasteiger partial charge is 0.265 e. The molecule has 1 aromatic carbocycles. The molecule has 166 valence electrons. The number of carbonyl (C=O) groups excluding carboxylic acids is 2. The van der Waals surface area contributed by atoms with Crippen LogP contribution in [0.5, 0.6) is 0 Å². The SMILES string of the molecule is CCc1ccc(-c2nc(C)c(C(=O)N3CCN(CC(=O)N4CCOCC4)CC3)s2)cc1. The van der Waals surface area contributed by atoms with Gasteiger partial charge < -0.3 is 14.5 Å². The molecule has 2 amide bonds. The molecule has 0 spiro atoms. The summed E-state index contributed by atoms with van der Waals surface area (Å²) in [7, 11) is 0. The summed E-state index contributed by atoms with van der Waals surface area (Å²) in [6, 6.07) is 8.39. The third kappa shape index (κ3) is 5.14. The fourth-order valence-corrected chi connectivity index (χ4v) is 5.00. The first-order chi connectivity index (χ1) is 15.0. The maximum absolute atomic E-state index is 13.1. The van der Waals surface area contributed by atoms with Crippen LogP contribution >= 0.6 is 11.3 Å². The number of ether oxygens (including phenoxy) is 1. The third-order valence-electron chi connectivity index (χ3n) is 5.98. The molecule has 2 aliphatic heterocycles. The second-order valence-corrected chi connectivity index (χ2v) is 9.04. The Labute approximate surface area is 187 Å². The summed E-state index contributed by atoms with van der Waals surface area (Å²) in [5, 5.41) is 0.887. The number of hydrogen-bond acceptors (Lipinski definition) is 6. The maximum Gasteiger partial charge on any atom is 0.265 e. The highest BCUT2D eigenvalue weighted by Crippen LogP contribution is 2.29. The fraction of sp³-hybridized carbons (Fsp3) is 0.522. The van der Waals surface area contributed by atoms with Gasteiger partial charge in [0.05, 0.1) is 25.5 Å². The van der Waals surface area contributed by atoms with E-state index in [1.165, 1.54) is 16.9 Å². The Morgan fingerprint density at radius 1 is 1.00 bits per heavy atom. The van der Waals surface area contributed by atoms with Crippen molar-refractivity contribution in [3.05, 3.63) is 40.4 Å². The lowest BCUT2D eigenvalue weighted by Crippen LogP contribution is -2.52. The first kappa shape index (κ1) is 21.9. The molecule has 8 heteroatoms. The molecule has 0 saturated carbocycles. The van der Waals surface area contributed by atoms with E-state index in [0.29, 0.717) is 63.9 Å². The molecular weight excluding hydrogens is 412 g/mol. The number of amides is 2. The van der Waals surface area contributed by atoms with E-state index in [0.717, 1.165) is 22.7 Å². The number of aromatic nitrogens is 1. The molecule has 2 aromatic rings. The van der Waals surface area contributed by atoms with Crippen molar-refractivity contribution in [1.82, 2.24) is 19.7 Å². The van der Waals surface area contributed by atoms with E-state index in [4.69, 9.17) is 4.74 Å². The number of nitrogens with zero attached hydrogens (tertiary/aromatic N) is 4. The number of aryl methyl sites for hydroxylation is 2. The quantitative estimate of drug-likeness (QED) is 0.711. The van der Waals surface area contributed by atoms with Gasteiger partial charge in [-0.25, -0.2) is 4.98 Å². The summed E-state index contributed by atoms with van der Waals surface area (Å²) < 4.78 is 5.32. The van der Waals surface area contributed by atoms with Gasteiger partial charge in [0.2, 0.25) is 5.91 Å². The molecule has 0 N–H and O–H groups in total. The number of carbonyl (C=O) groups is 2. The van der Waals surface area contributed by atoms with Gasteiger partial charge in [-0.05, 0) is 18.9 Å². The molecule has 3 heterocycles. The summed E-state index contributed by atoms with van der Waals surface area (Å²) >= 11 is 1.47. The molecule has 2 aliphatic rings. The molecule has 2 fully saturated rings.